The van der Waals surface area contributed by atoms with E-state index < -0.39 is 21.5 Å². The molecule has 8 nitrogen and oxygen atoms in total. The van der Waals surface area contributed by atoms with Crippen molar-refractivity contribution in [2.45, 2.75) is 31.2 Å². The fraction of sp³-hybridized carbons (Fsp3) is 0.174. The molecule has 0 radical (unpaired) electrons. The number of pyridine rings is 1. The summed E-state index contributed by atoms with van der Waals surface area (Å²) in [4.78, 5) is 29.1. The Morgan fingerprint density at radius 1 is 0.844 bits per heavy atom. The van der Waals surface area contributed by atoms with Gasteiger partial charge in [0, 0.05) is 23.5 Å². The molecule has 0 aliphatic carbocycles. The first-order valence-electron chi connectivity index (χ1n) is 9.81. The molecule has 1 aromatic heterocycles. The number of carbonyl (C=O) groups is 2. The lowest BCUT2D eigenvalue weighted by atomic mass is 10.1. The maximum absolute atomic E-state index is 12.7. The molecule has 0 atom stereocenters. The van der Waals surface area contributed by atoms with Gasteiger partial charge in [0.05, 0.1) is 21.8 Å². The number of hydrogen-bond donors (Lipinski definition) is 3. The van der Waals surface area contributed by atoms with Gasteiger partial charge in [-0.2, -0.15) is 0 Å². The summed E-state index contributed by atoms with van der Waals surface area (Å²) >= 11 is 0. The number of nitrogens with zero attached hydrogens (tertiary/aromatic N) is 1. The molecule has 0 fully saturated rings. The van der Waals surface area contributed by atoms with E-state index in [1.54, 1.807) is 24.3 Å². The average Bonchev–Trinajstić information content (AvgIpc) is 2.73. The third kappa shape index (κ3) is 5.92. The first-order chi connectivity index (χ1) is 15.0. The van der Waals surface area contributed by atoms with E-state index in [4.69, 9.17) is 0 Å². The second-order valence-corrected chi connectivity index (χ2v) is 9.75. The van der Waals surface area contributed by atoms with Gasteiger partial charge < -0.3 is 10.6 Å². The Kier molecular flexibility index (Phi) is 6.59. The molecule has 166 valence electrons. The predicted octanol–water partition coefficient (Wildman–Crippen LogP) is 3.66. The van der Waals surface area contributed by atoms with Crippen molar-refractivity contribution in [3.05, 3.63) is 84.2 Å². The van der Waals surface area contributed by atoms with Gasteiger partial charge >= 0.3 is 0 Å². The van der Waals surface area contributed by atoms with Crippen molar-refractivity contribution in [2.24, 2.45) is 0 Å². The van der Waals surface area contributed by atoms with Crippen LogP contribution in [-0.2, 0) is 10.0 Å². The van der Waals surface area contributed by atoms with Crippen LogP contribution in [-0.4, -0.2) is 30.8 Å². The smallest absolute Gasteiger partial charge is 0.261 e. The van der Waals surface area contributed by atoms with Crippen molar-refractivity contribution >= 4 is 33.2 Å². The van der Waals surface area contributed by atoms with E-state index in [0.29, 0.717) is 16.9 Å². The number of nitrogens with one attached hydrogen (secondary N) is 3. The SMILES string of the molecule is CC(C)(C)NC(=O)c1ccccc1NC(=O)c1ccc(S(=O)(=O)Nc2ccncc2)cc1. The Hall–Kier alpha value is -3.72. The van der Waals surface area contributed by atoms with Gasteiger partial charge in [-0.3, -0.25) is 19.3 Å². The van der Waals surface area contributed by atoms with Crippen molar-refractivity contribution in [3.8, 4) is 0 Å². The first-order valence-corrected chi connectivity index (χ1v) is 11.3. The van der Waals surface area contributed by atoms with Crippen LogP contribution >= 0.6 is 0 Å². The van der Waals surface area contributed by atoms with Gasteiger partial charge in [-0.15, -0.1) is 0 Å². The molecule has 0 saturated heterocycles. The molecular formula is C23H24N4O4S. The highest BCUT2D eigenvalue weighted by molar-refractivity contribution is 7.92. The number of amides is 2. The Balaban J connectivity index is 1.75. The molecule has 0 bridgehead atoms. The molecule has 0 unspecified atom stereocenters. The lowest BCUT2D eigenvalue weighted by Crippen LogP contribution is -2.40. The zero-order chi connectivity index (χ0) is 23.4. The number of rotatable bonds is 6. The zero-order valence-corrected chi connectivity index (χ0v) is 18.7. The van der Waals surface area contributed by atoms with Crippen LogP contribution in [0.2, 0.25) is 0 Å². The summed E-state index contributed by atoms with van der Waals surface area (Å²) in [6, 6.07) is 15.3. The van der Waals surface area contributed by atoms with Crippen LogP contribution in [0.3, 0.4) is 0 Å². The topological polar surface area (TPSA) is 117 Å². The third-order valence-electron chi connectivity index (χ3n) is 4.27. The van der Waals surface area contributed by atoms with Crippen molar-refractivity contribution in [1.82, 2.24) is 10.3 Å². The van der Waals surface area contributed by atoms with Gasteiger partial charge in [-0.1, -0.05) is 12.1 Å². The molecule has 0 aliphatic heterocycles. The van der Waals surface area contributed by atoms with E-state index >= 15 is 0 Å². The highest BCUT2D eigenvalue weighted by atomic mass is 32.2. The number of para-hydroxylation sites is 1. The summed E-state index contributed by atoms with van der Waals surface area (Å²) in [5, 5.41) is 5.58. The molecule has 9 heteroatoms. The number of anilines is 2. The van der Waals surface area contributed by atoms with Crippen molar-refractivity contribution in [3.63, 3.8) is 0 Å². The second-order valence-electron chi connectivity index (χ2n) is 8.07. The van der Waals surface area contributed by atoms with Gasteiger partial charge in [0.2, 0.25) is 0 Å². The standard InChI is InChI=1S/C23H24N4O4S/c1-23(2,3)26-22(29)19-6-4-5-7-20(19)25-21(28)16-8-10-18(11-9-16)32(30,31)27-17-12-14-24-15-13-17/h4-15H,1-3H3,(H,24,27)(H,25,28)(H,26,29). The summed E-state index contributed by atoms with van der Waals surface area (Å²) in [6.45, 7) is 5.60. The number of hydrogen-bond acceptors (Lipinski definition) is 5. The van der Waals surface area contributed by atoms with E-state index in [2.05, 4.69) is 20.3 Å². The highest BCUT2D eigenvalue weighted by Gasteiger charge is 2.20. The summed E-state index contributed by atoms with van der Waals surface area (Å²) < 4.78 is 27.5. The number of carbonyl (C=O) groups excluding carboxylic acids is 2. The molecule has 3 N–H and O–H groups in total. The molecule has 2 aromatic carbocycles. The van der Waals surface area contributed by atoms with E-state index in [9.17, 15) is 18.0 Å². The quantitative estimate of drug-likeness (QED) is 0.528. The lowest BCUT2D eigenvalue weighted by Gasteiger charge is -2.21. The summed E-state index contributed by atoms with van der Waals surface area (Å²) in [6.07, 6.45) is 2.95. The van der Waals surface area contributed by atoms with Crippen LogP contribution in [0.4, 0.5) is 11.4 Å². The minimum Gasteiger partial charge on any atom is -0.347 e. The normalized spacial score (nSPS) is 11.5. The van der Waals surface area contributed by atoms with Crippen molar-refractivity contribution in [1.29, 1.82) is 0 Å². The molecule has 32 heavy (non-hydrogen) atoms. The van der Waals surface area contributed by atoms with E-state index in [1.807, 2.05) is 20.8 Å². The average molecular weight is 453 g/mol. The van der Waals surface area contributed by atoms with Crippen molar-refractivity contribution in [2.75, 3.05) is 10.0 Å². The first kappa shape index (κ1) is 23.0. The van der Waals surface area contributed by atoms with E-state index in [1.165, 1.54) is 48.8 Å². The summed E-state index contributed by atoms with van der Waals surface area (Å²) in [7, 11) is -3.81. The molecule has 3 rings (SSSR count). The van der Waals surface area contributed by atoms with E-state index in [-0.39, 0.29) is 16.4 Å². The Bertz CT molecular complexity index is 1220. The van der Waals surface area contributed by atoms with Crippen LogP contribution in [0.1, 0.15) is 41.5 Å². The van der Waals surface area contributed by atoms with Gasteiger partial charge in [0.25, 0.3) is 21.8 Å². The predicted molar refractivity (Wildman–Crippen MR) is 123 cm³/mol. The molecule has 3 aromatic rings. The van der Waals surface area contributed by atoms with Crippen LogP contribution in [0, 0.1) is 0 Å². The zero-order valence-electron chi connectivity index (χ0n) is 17.9. The third-order valence-corrected chi connectivity index (χ3v) is 5.66. The molecule has 0 aliphatic rings. The number of sulfonamides is 1. The summed E-state index contributed by atoms with van der Waals surface area (Å²) in [5.74, 6) is -0.774. The molecule has 0 saturated carbocycles. The molecular weight excluding hydrogens is 428 g/mol. The minimum atomic E-state index is -3.81. The second kappa shape index (κ2) is 9.19. The van der Waals surface area contributed by atoms with E-state index in [0.717, 1.165) is 0 Å². The monoisotopic (exact) mass is 452 g/mol. The van der Waals surface area contributed by atoms with Gasteiger partial charge in [-0.05, 0) is 69.3 Å². The molecule has 0 spiro atoms. The van der Waals surface area contributed by atoms with Gasteiger partial charge in [-0.25, -0.2) is 8.42 Å². The maximum atomic E-state index is 12.7. The van der Waals surface area contributed by atoms with Crippen molar-refractivity contribution < 1.29 is 18.0 Å². The van der Waals surface area contributed by atoms with Crippen LogP contribution in [0.25, 0.3) is 0 Å². The Morgan fingerprint density at radius 3 is 2.09 bits per heavy atom. The van der Waals surface area contributed by atoms with Crippen LogP contribution < -0.4 is 15.4 Å². The summed E-state index contributed by atoms with van der Waals surface area (Å²) in [5.41, 5.74) is 0.887. The maximum Gasteiger partial charge on any atom is 0.261 e. The van der Waals surface area contributed by atoms with Gasteiger partial charge in [0.15, 0.2) is 0 Å². The molecule has 1 heterocycles. The fourth-order valence-electron chi connectivity index (χ4n) is 2.81. The number of benzene rings is 2. The minimum absolute atomic E-state index is 0.0100. The lowest BCUT2D eigenvalue weighted by molar-refractivity contribution is 0.0920. The van der Waals surface area contributed by atoms with Gasteiger partial charge in [0.1, 0.15) is 0 Å². The Morgan fingerprint density at radius 2 is 1.47 bits per heavy atom. The molecule has 2 amide bonds. The fourth-order valence-corrected chi connectivity index (χ4v) is 3.87. The van der Waals surface area contributed by atoms with Crippen LogP contribution in [0.15, 0.2) is 78.0 Å². The highest BCUT2D eigenvalue weighted by Crippen LogP contribution is 2.19. The Labute approximate surface area is 187 Å². The largest absolute Gasteiger partial charge is 0.347 e. The number of aromatic nitrogens is 1. The van der Waals surface area contributed by atoms with Crippen LogP contribution in [0.5, 0.6) is 0 Å².